The van der Waals surface area contributed by atoms with E-state index in [1.54, 1.807) is 0 Å². The highest BCUT2D eigenvalue weighted by molar-refractivity contribution is 7.99. The molecule has 1 saturated heterocycles. The lowest BCUT2D eigenvalue weighted by Gasteiger charge is -2.27. The molecule has 0 aromatic heterocycles. The number of rotatable bonds is 7. The molecule has 1 N–H and O–H groups in total. The number of thioether (sulfide) groups is 1. The monoisotopic (exact) mass is 271 g/mol. The first-order chi connectivity index (χ1) is 8.88. The van der Waals surface area contributed by atoms with Crippen molar-refractivity contribution in [3.63, 3.8) is 0 Å². The zero-order valence-electron chi connectivity index (χ0n) is 11.8. The number of ether oxygens (including phenoxy) is 1. The van der Waals surface area contributed by atoms with Crippen LogP contribution in [0.3, 0.4) is 0 Å². The van der Waals surface area contributed by atoms with Crippen molar-refractivity contribution >= 4 is 11.8 Å². The molecular weight excluding hydrogens is 242 g/mol. The van der Waals surface area contributed by atoms with E-state index in [1.165, 1.54) is 50.7 Å². The van der Waals surface area contributed by atoms with Crippen molar-refractivity contribution in [1.82, 2.24) is 5.32 Å². The van der Waals surface area contributed by atoms with E-state index in [0.717, 1.165) is 37.0 Å². The molecule has 1 aliphatic heterocycles. The summed E-state index contributed by atoms with van der Waals surface area (Å²) in [5, 5.41) is 4.65. The van der Waals surface area contributed by atoms with Gasteiger partial charge in [-0.15, -0.1) is 0 Å². The second kappa shape index (κ2) is 8.44. The lowest BCUT2D eigenvalue weighted by atomic mass is 9.93. The molecule has 18 heavy (non-hydrogen) atoms. The van der Waals surface area contributed by atoms with Gasteiger partial charge in [0.2, 0.25) is 0 Å². The molecule has 0 spiro atoms. The summed E-state index contributed by atoms with van der Waals surface area (Å²) in [6.07, 6.45) is 9.75. The number of hydrogen-bond acceptors (Lipinski definition) is 3. The zero-order chi connectivity index (χ0) is 12.6. The molecule has 1 saturated carbocycles. The van der Waals surface area contributed by atoms with Crippen LogP contribution in [-0.2, 0) is 4.74 Å². The van der Waals surface area contributed by atoms with Crippen molar-refractivity contribution in [2.24, 2.45) is 5.92 Å². The molecule has 3 heteroatoms. The zero-order valence-corrected chi connectivity index (χ0v) is 12.6. The molecule has 0 radical (unpaired) electrons. The topological polar surface area (TPSA) is 21.3 Å². The van der Waals surface area contributed by atoms with Crippen molar-refractivity contribution in [2.75, 3.05) is 25.5 Å². The lowest BCUT2D eigenvalue weighted by Crippen LogP contribution is -2.35. The molecule has 0 amide bonds. The summed E-state index contributed by atoms with van der Waals surface area (Å²) in [5.74, 6) is 2.21. The van der Waals surface area contributed by atoms with E-state index >= 15 is 0 Å². The lowest BCUT2D eigenvalue weighted by molar-refractivity contribution is 0.0614. The molecule has 0 aromatic rings. The third-order valence-electron chi connectivity index (χ3n) is 4.29. The Kier molecular flexibility index (Phi) is 6.88. The van der Waals surface area contributed by atoms with Gasteiger partial charge in [0.1, 0.15) is 0 Å². The SMILES string of the molecule is CCNC(CSC1CCCC1)CC1CCOCC1. The largest absolute Gasteiger partial charge is 0.381 e. The third kappa shape index (κ3) is 5.10. The van der Waals surface area contributed by atoms with Crippen LogP contribution in [0.15, 0.2) is 0 Å². The maximum atomic E-state index is 5.46. The van der Waals surface area contributed by atoms with Crippen LogP contribution in [0.5, 0.6) is 0 Å². The van der Waals surface area contributed by atoms with Crippen LogP contribution >= 0.6 is 11.8 Å². The van der Waals surface area contributed by atoms with Gasteiger partial charge in [0.15, 0.2) is 0 Å². The second-order valence-electron chi connectivity index (χ2n) is 5.79. The summed E-state index contributed by atoms with van der Waals surface area (Å²) in [6.45, 7) is 5.31. The Morgan fingerprint density at radius 3 is 2.56 bits per heavy atom. The molecular formula is C15H29NOS. The van der Waals surface area contributed by atoms with E-state index in [-0.39, 0.29) is 0 Å². The van der Waals surface area contributed by atoms with Crippen molar-refractivity contribution in [2.45, 2.75) is 63.2 Å². The Bertz CT molecular complexity index is 213. The summed E-state index contributed by atoms with van der Waals surface area (Å²) in [4.78, 5) is 0. The molecule has 1 unspecified atom stereocenters. The maximum Gasteiger partial charge on any atom is 0.0468 e. The summed E-state index contributed by atoms with van der Waals surface area (Å²) in [5.41, 5.74) is 0. The van der Waals surface area contributed by atoms with Gasteiger partial charge in [-0.3, -0.25) is 0 Å². The van der Waals surface area contributed by atoms with Crippen LogP contribution in [0.4, 0.5) is 0 Å². The molecule has 1 aliphatic carbocycles. The first kappa shape index (κ1) is 14.7. The van der Waals surface area contributed by atoms with E-state index in [4.69, 9.17) is 4.74 Å². The molecule has 0 aromatic carbocycles. The number of nitrogens with one attached hydrogen (secondary N) is 1. The molecule has 1 atom stereocenters. The normalized spacial score (nSPS) is 24.5. The van der Waals surface area contributed by atoms with Crippen LogP contribution < -0.4 is 5.32 Å². The van der Waals surface area contributed by atoms with E-state index in [2.05, 4.69) is 24.0 Å². The average molecular weight is 271 g/mol. The van der Waals surface area contributed by atoms with Crippen LogP contribution in [0, 0.1) is 5.92 Å². The fourth-order valence-corrected chi connectivity index (χ4v) is 4.62. The average Bonchev–Trinajstić information content (AvgIpc) is 2.91. The number of hydrogen-bond donors (Lipinski definition) is 1. The van der Waals surface area contributed by atoms with E-state index in [9.17, 15) is 0 Å². The summed E-state index contributed by atoms with van der Waals surface area (Å²) in [7, 11) is 0. The van der Waals surface area contributed by atoms with Crippen molar-refractivity contribution in [3.8, 4) is 0 Å². The highest BCUT2D eigenvalue weighted by Crippen LogP contribution is 2.31. The van der Waals surface area contributed by atoms with Gasteiger partial charge in [-0.05, 0) is 44.6 Å². The van der Waals surface area contributed by atoms with Crippen molar-refractivity contribution in [1.29, 1.82) is 0 Å². The molecule has 2 nitrogen and oxygen atoms in total. The molecule has 2 rings (SSSR count). The van der Waals surface area contributed by atoms with Crippen LogP contribution in [0.1, 0.15) is 51.9 Å². The van der Waals surface area contributed by atoms with Gasteiger partial charge in [-0.1, -0.05) is 19.8 Å². The minimum atomic E-state index is 0.726. The highest BCUT2D eigenvalue weighted by Gasteiger charge is 2.21. The van der Waals surface area contributed by atoms with E-state index in [0.29, 0.717) is 0 Å². The fourth-order valence-electron chi connectivity index (χ4n) is 3.19. The summed E-state index contributed by atoms with van der Waals surface area (Å²) >= 11 is 2.23. The molecule has 106 valence electrons. The van der Waals surface area contributed by atoms with Crippen LogP contribution in [0.2, 0.25) is 0 Å². The highest BCUT2D eigenvalue weighted by atomic mass is 32.2. The van der Waals surface area contributed by atoms with E-state index in [1.807, 2.05) is 0 Å². The van der Waals surface area contributed by atoms with Gasteiger partial charge in [-0.25, -0.2) is 0 Å². The second-order valence-corrected chi connectivity index (χ2v) is 7.12. The van der Waals surface area contributed by atoms with Gasteiger partial charge in [0.25, 0.3) is 0 Å². The van der Waals surface area contributed by atoms with Gasteiger partial charge in [0.05, 0.1) is 0 Å². The van der Waals surface area contributed by atoms with Crippen LogP contribution in [0.25, 0.3) is 0 Å². The fraction of sp³-hybridized carbons (Fsp3) is 1.00. The van der Waals surface area contributed by atoms with Gasteiger partial charge >= 0.3 is 0 Å². The molecule has 2 aliphatic rings. The summed E-state index contributed by atoms with van der Waals surface area (Å²) in [6, 6.07) is 0.726. The minimum Gasteiger partial charge on any atom is -0.381 e. The minimum absolute atomic E-state index is 0.726. The van der Waals surface area contributed by atoms with Gasteiger partial charge in [0, 0.05) is 30.3 Å². The predicted octanol–water partition coefficient (Wildman–Crippen LogP) is 3.46. The van der Waals surface area contributed by atoms with Crippen molar-refractivity contribution < 1.29 is 4.74 Å². The first-order valence-corrected chi connectivity index (χ1v) is 8.86. The Morgan fingerprint density at radius 1 is 1.17 bits per heavy atom. The predicted molar refractivity (Wildman–Crippen MR) is 80.3 cm³/mol. The van der Waals surface area contributed by atoms with Crippen molar-refractivity contribution in [3.05, 3.63) is 0 Å². The maximum absolute atomic E-state index is 5.46. The van der Waals surface area contributed by atoms with Crippen LogP contribution in [-0.4, -0.2) is 36.8 Å². The standard InChI is InChI=1S/C15H29NOS/c1-2-16-14(11-13-7-9-17-10-8-13)12-18-15-5-3-4-6-15/h13-16H,2-12H2,1H3. The Morgan fingerprint density at radius 2 is 1.89 bits per heavy atom. The first-order valence-electron chi connectivity index (χ1n) is 7.81. The third-order valence-corrected chi connectivity index (χ3v) is 5.82. The molecule has 0 bridgehead atoms. The van der Waals surface area contributed by atoms with Gasteiger partial charge < -0.3 is 10.1 Å². The Hall–Kier alpha value is 0.270. The smallest absolute Gasteiger partial charge is 0.0468 e. The quantitative estimate of drug-likeness (QED) is 0.766. The molecule has 2 fully saturated rings. The Labute approximate surface area is 117 Å². The summed E-state index contributed by atoms with van der Waals surface area (Å²) < 4.78 is 5.46. The van der Waals surface area contributed by atoms with E-state index < -0.39 is 0 Å². The Balaban J connectivity index is 1.68. The molecule has 1 heterocycles. The van der Waals surface area contributed by atoms with Gasteiger partial charge in [-0.2, -0.15) is 11.8 Å².